The molecule has 1 N–H and O–H groups in total. The molecule has 1 saturated heterocycles. The van der Waals surface area contributed by atoms with Crippen molar-refractivity contribution in [3.05, 3.63) is 65.2 Å². The number of hydrogen-bond acceptors (Lipinski definition) is 5. The summed E-state index contributed by atoms with van der Waals surface area (Å²) in [5.41, 5.74) is 3.50. The molecule has 8 heteroatoms. The lowest BCUT2D eigenvalue weighted by Crippen LogP contribution is -2.50. The number of aromatic nitrogens is 2. The number of halogens is 1. The summed E-state index contributed by atoms with van der Waals surface area (Å²) in [5.74, 6) is 1.61. The van der Waals surface area contributed by atoms with Gasteiger partial charge in [0.05, 0.1) is 12.8 Å². The highest BCUT2D eigenvalue weighted by Gasteiger charge is 2.22. The SMILES string of the molecule is COc1ccc(-c2ccc(N3CCN(C(=O)Nc4cc(Cl)ccc4C)CC3)nn2)cc1. The summed E-state index contributed by atoms with van der Waals surface area (Å²) in [4.78, 5) is 16.6. The van der Waals surface area contributed by atoms with E-state index in [0.717, 1.165) is 34.1 Å². The molecule has 2 amide bonds. The predicted molar refractivity (Wildman–Crippen MR) is 123 cm³/mol. The number of urea groups is 1. The molecule has 1 aromatic heterocycles. The number of methoxy groups -OCH3 is 1. The Hall–Kier alpha value is -3.32. The Kier molecular flexibility index (Phi) is 6.23. The maximum Gasteiger partial charge on any atom is 0.321 e. The summed E-state index contributed by atoms with van der Waals surface area (Å²) < 4.78 is 5.19. The van der Waals surface area contributed by atoms with Gasteiger partial charge in [-0.2, -0.15) is 0 Å². The summed E-state index contributed by atoms with van der Waals surface area (Å²) in [7, 11) is 1.64. The van der Waals surface area contributed by atoms with Gasteiger partial charge in [-0.15, -0.1) is 10.2 Å². The number of nitrogens with zero attached hydrogens (tertiary/aromatic N) is 4. The minimum atomic E-state index is -0.119. The fraction of sp³-hybridized carbons (Fsp3) is 0.261. The molecule has 0 radical (unpaired) electrons. The first-order valence-corrected chi connectivity index (χ1v) is 10.5. The van der Waals surface area contributed by atoms with Gasteiger partial charge >= 0.3 is 6.03 Å². The number of anilines is 2. The fourth-order valence-corrected chi connectivity index (χ4v) is 3.64. The van der Waals surface area contributed by atoms with Crippen molar-refractivity contribution in [2.45, 2.75) is 6.92 Å². The van der Waals surface area contributed by atoms with E-state index in [0.29, 0.717) is 31.2 Å². The van der Waals surface area contributed by atoms with Crippen molar-refractivity contribution in [1.82, 2.24) is 15.1 Å². The second-order valence-corrected chi connectivity index (χ2v) is 7.81. The molecule has 160 valence electrons. The standard InChI is InChI=1S/C23H24ClN5O2/c1-16-3-6-18(24)15-21(16)25-23(30)29-13-11-28(12-14-29)22-10-9-20(26-27-22)17-4-7-19(31-2)8-5-17/h3-10,15H,11-14H2,1-2H3,(H,25,30). The van der Waals surface area contributed by atoms with Crippen molar-refractivity contribution >= 4 is 29.1 Å². The highest BCUT2D eigenvalue weighted by Crippen LogP contribution is 2.23. The smallest absolute Gasteiger partial charge is 0.321 e. The molecular formula is C23H24ClN5O2. The van der Waals surface area contributed by atoms with Gasteiger partial charge in [0.2, 0.25) is 0 Å². The second kappa shape index (κ2) is 9.22. The number of aryl methyl sites for hydroxylation is 1. The lowest BCUT2D eigenvalue weighted by Gasteiger charge is -2.35. The van der Waals surface area contributed by atoms with Gasteiger partial charge in [-0.05, 0) is 61.0 Å². The van der Waals surface area contributed by atoms with Crippen LogP contribution in [0.5, 0.6) is 5.75 Å². The quantitative estimate of drug-likeness (QED) is 0.652. The minimum Gasteiger partial charge on any atom is -0.497 e. The molecule has 0 unspecified atom stereocenters. The monoisotopic (exact) mass is 437 g/mol. The Labute approximate surface area is 186 Å². The van der Waals surface area contributed by atoms with Gasteiger partial charge in [0.25, 0.3) is 0 Å². The van der Waals surface area contributed by atoms with Crippen LogP contribution in [0, 0.1) is 6.92 Å². The third kappa shape index (κ3) is 4.88. The zero-order valence-electron chi connectivity index (χ0n) is 17.5. The van der Waals surface area contributed by atoms with Gasteiger partial charge < -0.3 is 19.9 Å². The van der Waals surface area contributed by atoms with E-state index in [-0.39, 0.29) is 6.03 Å². The van der Waals surface area contributed by atoms with E-state index in [9.17, 15) is 4.79 Å². The Balaban J connectivity index is 1.35. The molecule has 1 fully saturated rings. The van der Waals surface area contributed by atoms with Crippen LogP contribution in [-0.4, -0.2) is 54.4 Å². The number of nitrogens with one attached hydrogen (secondary N) is 1. The Bertz CT molecular complexity index is 1050. The summed E-state index contributed by atoms with van der Waals surface area (Å²) in [6.07, 6.45) is 0. The highest BCUT2D eigenvalue weighted by molar-refractivity contribution is 6.31. The lowest BCUT2D eigenvalue weighted by atomic mass is 10.1. The summed E-state index contributed by atoms with van der Waals surface area (Å²) in [6, 6.07) is 17.0. The summed E-state index contributed by atoms with van der Waals surface area (Å²) in [6.45, 7) is 4.54. The third-order valence-corrected chi connectivity index (χ3v) is 5.60. The van der Waals surface area contributed by atoms with Gasteiger partial charge in [-0.3, -0.25) is 0 Å². The van der Waals surface area contributed by atoms with Crippen molar-refractivity contribution in [2.75, 3.05) is 43.5 Å². The average molecular weight is 438 g/mol. The topological polar surface area (TPSA) is 70.6 Å². The molecule has 1 aliphatic rings. The normalized spacial score (nSPS) is 13.8. The molecule has 0 aliphatic carbocycles. The van der Waals surface area contributed by atoms with Crippen molar-refractivity contribution in [3.8, 4) is 17.0 Å². The van der Waals surface area contributed by atoms with Crippen LogP contribution in [-0.2, 0) is 0 Å². The van der Waals surface area contributed by atoms with Gasteiger partial charge in [0, 0.05) is 42.5 Å². The van der Waals surface area contributed by atoms with E-state index in [2.05, 4.69) is 20.4 Å². The lowest BCUT2D eigenvalue weighted by molar-refractivity contribution is 0.208. The predicted octanol–water partition coefficient (Wildman–Crippen LogP) is 4.47. The van der Waals surface area contributed by atoms with Crippen molar-refractivity contribution in [3.63, 3.8) is 0 Å². The number of ether oxygens (including phenoxy) is 1. The zero-order valence-corrected chi connectivity index (χ0v) is 18.3. The largest absolute Gasteiger partial charge is 0.497 e. The number of hydrogen-bond donors (Lipinski definition) is 1. The van der Waals surface area contributed by atoms with E-state index in [4.69, 9.17) is 16.3 Å². The second-order valence-electron chi connectivity index (χ2n) is 7.37. The molecule has 7 nitrogen and oxygen atoms in total. The van der Waals surface area contributed by atoms with E-state index >= 15 is 0 Å². The minimum absolute atomic E-state index is 0.119. The van der Waals surface area contributed by atoms with Crippen LogP contribution in [0.2, 0.25) is 5.02 Å². The molecule has 0 saturated carbocycles. The molecule has 2 heterocycles. The Morgan fingerprint density at radius 3 is 2.39 bits per heavy atom. The summed E-state index contributed by atoms with van der Waals surface area (Å²) >= 11 is 6.05. The van der Waals surface area contributed by atoms with Crippen LogP contribution in [0.25, 0.3) is 11.3 Å². The zero-order chi connectivity index (χ0) is 21.8. The first kappa shape index (κ1) is 20.9. The van der Waals surface area contributed by atoms with Crippen LogP contribution >= 0.6 is 11.6 Å². The average Bonchev–Trinajstić information content (AvgIpc) is 2.82. The van der Waals surface area contributed by atoms with Gasteiger partial charge in [0.15, 0.2) is 5.82 Å². The van der Waals surface area contributed by atoms with Crippen LogP contribution in [0.3, 0.4) is 0 Å². The number of rotatable bonds is 4. The van der Waals surface area contributed by atoms with E-state index in [1.54, 1.807) is 18.1 Å². The molecule has 0 spiro atoms. The molecule has 0 atom stereocenters. The number of benzene rings is 2. The molecule has 3 aromatic rings. The number of carbonyl (C=O) groups is 1. The van der Waals surface area contributed by atoms with Crippen LogP contribution < -0.4 is 15.0 Å². The molecule has 4 rings (SSSR count). The van der Waals surface area contributed by atoms with Crippen LogP contribution in [0.4, 0.5) is 16.3 Å². The highest BCUT2D eigenvalue weighted by atomic mass is 35.5. The van der Waals surface area contributed by atoms with Crippen LogP contribution in [0.1, 0.15) is 5.56 Å². The maximum atomic E-state index is 12.6. The van der Waals surface area contributed by atoms with Crippen molar-refractivity contribution in [1.29, 1.82) is 0 Å². The number of piperazine rings is 1. The van der Waals surface area contributed by atoms with Crippen molar-refractivity contribution < 1.29 is 9.53 Å². The molecule has 1 aliphatic heterocycles. The summed E-state index contributed by atoms with van der Waals surface area (Å²) in [5, 5.41) is 12.3. The maximum absolute atomic E-state index is 12.6. The van der Waals surface area contributed by atoms with Gasteiger partial charge in [-0.25, -0.2) is 4.79 Å². The van der Waals surface area contributed by atoms with Gasteiger partial charge in [0.1, 0.15) is 5.75 Å². The first-order chi connectivity index (χ1) is 15.0. The van der Waals surface area contributed by atoms with Gasteiger partial charge in [-0.1, -0.05) is 17.7 Å². The van der Waals surface area contributed by atoms with E-state index < -0.39 is 0 Å². The fourth-order valence-electron chi connectivity index (χ4n) is 3.47. The molecule has 0 bridgehead atoms. The Morgan fingerprint density at radius 1 is 1.00 bits per heavy atom. The molecular weight excluding hydrogens is 414 g/mol. The van der Waals surface area contributed by atoms with E-state index in [1.165, 1.54) is 0 Å². The number of carbonyl (C=O) groups excluding carboxylic acids is 1. The number of amides is 2. The first-order valence-electron chi connectivity index (χ1n) is 10.1. The molecule has 2 aromatic carbocycles. The van der Waals surface area contributed by atoms with Crippen LogP contribution in [0.15, 0.2) is 54.6 Å². The van der Waals surface area contributed by atoms with E-state index in [1.807, 2.05) is 55.5 Å². The Morgan fingerprint density at radius 2 is 1.74 bits per heavy atom. The van der Waals surface area contributed by atoms with Crippen molar-refractivity contribution in [2.24, 2.45) is 0 Å². The third-order valence-electron chi connectivity index (χ3n) is 5.37. The molecule has 31 heavy (non-hydrogen) atoms.